The van der Waals surface area contributed by atoms with Gasteiger partial charge in [-0.15, -0.1) is 11.8 Å². The normalized spacial score (nSPS) is 10.6. The Hall–Kier alpha value is -1.41. The second kappa shape index (κ2) is 5.49. The molecule has 0 aliphatic heterocycles. The van der Waals surface area contributed by atoms with Crippen LogP contribution in [0.15, 0.2) is 41.3 Å². The van der Waals surface area contributed by atoms with Crippen LogP contribution in [0.4, 0.5) is 5.69 Å². The molecular formula is C16H19NS. The van der Waals surface area contributed by atoms with Crippen molar-refractivity contribution >= 4 is 17.4 Å². The molecule has 0 saturated carbocycles. The molecule has 0 heterocycles. The van der Waals surface area contributed by atoms with Crippen molar-refractivity contribution < 1.29 is 0 Å². The summed E-state index contributed by atoms with van der Waals surface area (Å²) in [7, 11) is 0. The van der Waals surface area contributed by atoms with Gasteiger partial charge in [-0.05, 0) is 38.0 Å². The first-order valence-corrected chi connectivity index (χ1v) is 7.10. The number of anilines is 1. The summed E-state index contributed by atoms with van der Waals surface area (Å²) in [6.07, 6.45) is 0. The zero-order valence-electron chi connectivity index (χ0n) is 11.2. The van der Waals surface area contributed by atoms with E-state index in [1.54, 1.807) is 11.8 Å². The quantitative estimate of drug-likeness (QED) is 0.648. The number of thioether (sulfide) groups is 1. The van der Waals surface area contributed by atoms with E-state index in [4.69, 9.17) is 5.73 Å². The Kier molecular flexibility index (Phi) is 3.97. The van der Waals surface area contributed by atoms with E-state index in [2.05, 4.69) is 57.2 Å². The molecule has 0 unspecified atom stereocenters. The fourth-order valence-electron chi connectivity index (χ4n) is 2.09. The zero-order valence-corrected chi connectivity index (χ0v) is 12.0. The molecule has 94 valence electrons. The highest BCUT2D eigenvalue weighted by Gasteiger charge is 2.03. The van der Waals surface area contributed by atoms with Crippen LogP contribution in [0.1, 0.15) is 22.3 Å². The van der Waals surface area contributed by atoms with E-state index in [9.17, 15) is 0 Å². The number of benzene rings is 2. The van der Waals surface area contributed by atoms with Crippen molar-refractivity contribution in [3.05, 3.63) is 58.7 Å². The topological polar surface area (TPSA) is 26.0 Å². The van der Waals surface area contributed by atoms with Crippen LogP contribution in [0.2, 0.25) is 0 Å². The summed E-state index contributed by atoms with van der Waals surface area (Å²) in [6.45, 7) is 6.33. The lowest BCUT2D eigenvalue weighted by atomic mass is 10.1. The van der Waals surface area contributed by atoms with Crippen molar-refractivity contribution in [1.29, 1.82) is 0 Å². The largest absolute Gasteiger partial charge is 0.398 e. The lowest BCUT2D eigenvalue weighted by molar-refractivity contribution is 1.29. The molecule has 0 bridgehead atoms. The predicted molar refractivity (Wildman–Crippen MR) is 81.1 cm³/mol. The van der Waals surface area contributed by atoms with E-state index in [-0.39, 0.29) is 0 Å². The van der Waals surface area contributed by atoms with Crippen molar-refractivity contribution in [1.82, 2.24) is 0 Å². The zero-order chi connectivity index (χ0) is 13.1. The summed E-state index contributed by atoms with van der Waals surface area (Å²) < 4.78 is 0. The molecule has 0 aliphatic carbocycles. The lowest BCUT2D eigenvalue weighted by Crippen LogP contribution is -1.92. The number of aryl methyl sites for hydroxylation is 3. The van der Waals surface area contributed by atoms with Crippen LogP contribution in [0.25, 0.3) is 0 Å². The van der Waals surface area contributed by atoms with Gasteiger partial charge in [0.2, 0.25) is 0 Å². The van der Waals surface area contributed by atoms with Crippen LogP contribution in [-0.2, 0) is 5.75 Å². The first-order valence-electron chi connectivity index (χ1n) is 6.11. The summed E-state index contributed by atoms with van der Waals surface area (Å²) in [4.78, 5) is 1.18. The SMILES string of the molecule is Cc1cc(C)cc(CSc2cccc(C)c2N)c1. The van der Waals surface area contributed by atoms with Crippen LogP contribution >= 0.6 is 11.8 Å². The van der Waals surface area contributed by atoms with Crippen LogP contribution in [-0.4, -0.2) is 0 Å². The highest BCUT2D eigenvalue weighted by Crippen LogP contribution is 2.30. The fourth-order valence-corrected chi connectivity index (χ4v) is 3.07. The minimum Gasteiger partial charge on any atom is -0.398 e. The maximum Gasteiger partial charge on any atom is 0.0482 e. The molecule has 2 aromatic rings. The van der Waals surface area contributed by atoms with Crippen molar-refractivity contribution in [3.8, 4) is 0 Å². The summed E-state index contributed by atoms with van der Waals surface area (Å²) in [5.74, 6) is 0.968. The molecule has 1 nitrogen and oxygen atoms in total. The molecule has 0 aromatic heterocycles. The van der Waals surface area contributed by atoms with Gasteiger partial charge in [0.05, 0.1) is 0 Å². The first-order chi connectivity index (χ1) is 8.56. The molecule has 0 atom stereocenters. The second-order valence-corrected chi connectivity index (χ2v) is 5.79. The van der Waals surface area contributed by atoms with Gasteiger partial charge in [0.15, 0.2) is 0 Å². The third-order valence-electron chi connectivity index (χ3n) is 2.96. The maximum atomic E-state index is 6.09. The van der Waals surface area contributed by atoms with Crippen LogP contribution < -0.4 is 5.73 Å². The van der Waals surface area contributed by atoms with Crippen molar-refractivity contribution in [2.75, 3.05) is 5.73 Å². The number of nitrogens with two attached hydrogens (primary N) is 1. The molecule has 0 saturated heterocycles. The number of hydrogen-bond donors (Lipinski definition) is 1. The number of nitrogen functional groups attached to an aromatic ring is 1. The molecule has 0 radical (unpaired) electrons. The standard InChI is InChI=1S/C16H19NS/c1-11-7-12(2)9-14(8-11)10-18-15-6-4-5-13(3)16(15)17/h4-9H,10,17H2,1-3H3. The molecule has 2 aromatic carbocycles. The van der Waals surface area contributed by atoms with E-state index < -0.39 is 0 Å². The number of hydrogen-bond acceptors (Lipinski definition) is 2. The maximum absolute atomic E-state index is 6.09. The van der Waals surface area contributed by atoms with Gasteiger partial charge < -0.3 is 5.73 Å². The summed E-state index contributed by atoms with van der Waals surface area (Å²) in [5.41, 5.74) is 12.2. The lowest BCUT2D eigenvalue weighted by Gasteiger charge is -2.09. The Morgan fingerprint density at radius 3 is 2.33 bits per heavy atom. The molecule has 0 aliphatic rings. The average Bonchev–Trinajstić information content (AvgIpc) is 2.30. The summed E-state index contributed by atoms with van der Waals surface area (Å²) in [5, 5.41) is 0. The summed E-state index contributed by atoms with van der Waals surface area (Å²) in [6, 6.07) is 12.9. The predicted octanol–water partition coefficient (Wildman–Crippen LogP) is 4.49. The fraction of sp³-hybridized carbons (Fsp3) is 0.250. The van der Waals surface area contributed by atoms with Gasteiger partial charge in [0.1, 0.15) is 0 Å². The van der Waals surface area contributed by atoms with E-state index in [1.807, 2.05) is 0 Å². The van der Waals surface area contributed by atoms with Crippen LogP contribution in [0.3, 0.4) is 0 Å². The molecular weight excluding hydrogens is 238 g/mol. The molecule has 2 rings (SSSR count). The Balaban J connectivity index is 2.14. The Morgan fingerprint density at radius 1 is 1.00 bits per heavy atom. The van der Waals surface area contributed by atoms with Crippen molar-refractivity contribution in [2.24, 2.45) is 0 Å². The summed E-state index contributed by atoms with van der Waals surface area (Å²) >= 11 is 1.81. The minimum atomic E-state index is 0.909. The Bertz CT molecular complexity index is 541. The van der Waals surface area contributed by atoms with E-state index in [0.717, 1.165) is 17.0 Å². The highest BCUT2D eigenvalue weighted by atomic mass is 32.2. The molecule has 0 spiro atoms. The van der Waals surface area contributed by atoms with Gasteiger partial charge in [-0.3, -0.25) is 0 Å². The second-order valence-electron chi connectivity index (χ2n) is 4.77. The Morgan fingerprint density at radius 2 is 1.67 bits per heavy atom. The highest BCUT2D eigenvalue weighted by molar-refractivity contribution is 7.98. The number of para-hydroxylation sites is 1. The third-order valence-corrected chi connectivity index (χ3v) is 4.10. The van der Waals surface area contributed by atoms with Gasteiger partial charge in [-0.25, -0.2) is 0 Å². The monoisotopic (exact) mass is 257 g/mol. The Labute approximate surface area is 113 Å². The molecule has 0 amide bonds. The molecule has 18 heavy (non-hydrogen) atoms. The number of rotatable bonds is 3. The van der Waals surface area contributed by atoms with Gasteiger partial charge in [-0.1, -0.05) is 41.5 Å². The van der Waals surface area contributed by atoms with Crippen molar-refractivity contribution in [2.45, 2.75) is 31.4 Å². The van der Waals surface area contributed by atoms with Crippen LogP contribution in [0, 0.1) is 20.8 Å². The van der Waals surface area contributed by atoms with Gasteiger partial charge in [0.25, 0.3) is 0 Å². The minimum absolute atomic E-state index is 0.909. The van der Waals surface area contributed by atoms with E-state index in [1.165, 1.54) is 21.6 Å². The molecule has 2 heteroatoms. The van der Waals surface area contributed by atoms with Gasteiger partial charge in [-0.2, -0.15) is 0 Å². The van der Waals surface area contributed by atoms with Crippen LogP contribution in [0.5, 0.6) is 0 Å². The first kappa shape index (κ1) is 13.0. The van der Waals surface area contributed by atoms with E-state index >= 15 is 0 Å². The van der Waals surface area contributed by atoms with Gasteiger partial charge in [0, 0.05) is 16.3 Å². The van der Waals surface area contributed by atoms with E-state index in [0.29, 0.717) is 0 Å². The molecule has 2 N–H and O–H groups in total. The average molecular weight is 257 g/mol. The van der Waals surface area contributed by atoms with Gasteiger partial charge >= 0.3 is 0 Å². The third kappa shape index (κ3) is 3.08. The van der Waals surface area contributed by atoms with Crippen molar-refractivity contribution in [3.63, 3.8) is 0 Å². The molecule has 0 fully saturated rings. The smallest absolute Gasteiger partial charge is 0.0482 e.